The average Bonchev–Trinajstić information content (AvgIpc) is 3.18. The molecule has 0 saturated carbocycles. The normalized spacial score (nSPS) is 14.2. The molecule has 2 aromatic carbocycles. The van der Waals surface area contributed by atoms with Crippen LogP contribution in [0.25, 0.3) is 21.3 Å². The van der Waals surface area contributed by atoms with Crippen LogP contribution in [0.15, 0.2) is 66.9 Å². The summed E-state index contributed by atoms with van der Waals surface area (Å²) in [6.45, 7) is 1.22. The minimum atomic E-state index is -1.32. The number of fused-ring (bicyclic) bond motifs is 1. The fraction of sp³-hybridized carbons (Fsp3) is 0.174. The molecule has 0 aliphatic heterocycles. The van der Waals surface area contributed by atoms with Gasteiger partial charge in [-0.05, 0) is 47.7 Å². The van der Waals surface area contributed by atoms with Crippen molar-refractivity contribution in [3.63, 3.8) is 0 Å². The van der Waals surface area contributed by atoms with Gasteiger partial charge in [-0.25, -0.2) is 0 Å². The first-order chi connectivity index (χ1) is 13.9. The number of nitrogens with zero attached hydrogens (tertiary/aromatic N) is 1. The number of nitrogens with two attached hydrogens (primary N) is 1. The number of benzene rings is 2. The third-order valence-electron chi connectivity index (χ3n) is 5.08. The summed E-state index contributed by atoms with van der Waals surface area (Å²) >= 11 is 7.95. The molecule has 0 radical (unpaired) electrons. The van der Waals surface area contributed by atoms with Crippen LogP contribution in [0.1, 0.15) is 29.0 Å². The summed E-state index contributed by atoms with van der Waals surface area (Å²) in [5.74, 6) is 0. The van der Waals surface area contributed by atoms with Gasteiger partial charge in [0.15, 0.2) is 0 Å². The molecule has 0 bridgehead atoms. The molecule has 0 aliphatic carbocycles. The molecular weight excluding hydrogens is 439 g/mol. The fourth-order valence-corrected chi connectivity index (χ4v) is 4.78. The van der Waals surface area contributed by atoms with Crippen LogP contribution in [0, 0.1) is 0 Å². The summed E-state index contributed by atoms with van der Waals surface area (Å²) in [6.07, 6.45) is 1.65. The molecule has 156 valence electrons. The van der Waals surface area contributed by atoms with E-state index in [1.54, 1.807) is 30.5 Å². The number of pyridine rings is 1. The summed E-state index contributed by atoms with van der Waals surface area (Å²) in [4.78, 5) is 5.51. The number of halogens is 2. The second kappa shape index (κ2) is 9.02. The van der Waals surface area contributed by atoms with Crippen molar-refractivity contribution in [2.24, 2.45) is 5.73 Å². The van der Waals surface area contributed by atoms with Gasteiger partial charge in [0.1, 0.15) is 5.60 Å². The van der Waals surface area contributed by atoms with Crippen molar-refractivity contribution in [1.82, 2.24) is 4.98 Å². The zero-order valence-corrected chi connectivity index (χ0v) is 18.6. The number of aliphatic hydroxyl groups excluding tert-OH is 1. The zero-order chi connectivity index (χ0) is 20.6. The summed E-state index contributed by atoms with van der Waals surface area (Å²) in [7, 11) is 0. The predicted octanol–water partition coefficient (Wildman–Crippen LogP) is 5.29. The Balaban J connectivity index is 0.00000256. The highest BCUT2D eigenvalue weighted by Gasteiger charge is 2.23. The summed E-state index contributed by atoms with van der Waals surface area (Å²) < 4.78 is 1.07. The molecule has 30 heavy (non-hydrogen) atoms. The van der Waals surface area contributed by atoms with E-state index < -0.39 is 5.60 Å². The first kappa shape index (κ1) is 22.7. The van der Waals surface area contributed by atoms with E-state index >= 15 is 0 Å². The van der Waals surface area contributed by atoms with Crippen molar-refractivity contribution in [3.8, 4) is 11.3 Å². The molecule has 4 rings (SSSR count). The van der Waals surface area contributed by atoms with Crippen molar-refractivity contribution in [2.45, 2.75) is 18.6 Å². The minimum absolute atomic E-state index is 0. The van der Waals surface area contributed by atoms with Gasteiger partial charge in [0, 0.05) is 26.4 Å². The molecule has 2 aromatic heterocycles. The van der Waals surface area contributed by atoms with Crippen molar-refractivity contribution in [1.29, 1.82) is 0 Å². The van der Waals surface area contributed by atoms with E-state index in [0.29, 0.717) is 10.6 Å². The van der Waals surface area contributed by atoms with Crippen LogP contribution < -0.4 is 5.73 Å². The maximum absolute atomic E-state index is 10.4. The van der Waals surface area contributed by atoms with Crippen LogP contribution >= 0.6 is 35.3 Å². The van der Waals surface area contributed by atoms with Gasteiger partial charge in [-0.3, -0.25) is 4.98 Å². The van der Waals surface area contributed by atoms with Gasteiger partial charge in [0.2, 0.25) is 0 Å². The van der Waals surface area contributed by atoms with E-state index in [-0.39, 0.29) is 25.1 Å². The average molecular weight is 461 g/mol. The first-order valence-corrected chi connectivity index (χ1v) is 10.4. The minimum Gasteiger partial charge on any atom is -0.393 e. The number of hydrogen-bond acceptors (Lipinski definition) is 5. The monoisotopic (exact) mass is 460 g/mol. The van der Waals surface area contributed by atoms with E-state index in [0.717, 1.165) is 31.8 Å². The van der Waals surface area contributed by atoms with Crippen LogP contribution in [-0.4, -0.2) is 21.8 Å². The molecule has 0 fully saturated rings. The Kier molecular flexibility index (Phi) is 6.82. The second-order valence-corrected chi connectivity index (χ2v) is 8.72. The summed E-state index contributed by atoms with van der Waals surface area (Å²) in [5.41, 5.74) is 8.40. The van der Waals surface area contributed by atoms with Crippen LogP contribution in [-0.2, 0) is 5.60 Å². The van der Waals surface area contributed by atoms with Gasteiger partial charge in [-0.2, -0.15) is 0 Å². The lowest BCUT2D eigenvalue weighted by Crippen LogP contribution is -2.25. The Morgan fingerprint density at radius 3 is 2.63 bits per heavy atom. The Bertz CT molecular complexity index is 1180. The van der Waals surface area contributed by atoms with Crippen molar-refractivity contribution in [2.75, 3.05) is 6.61 Å². The maximum atomic E-state index is 10.4. The van der Waals surface area contributed by atoms with Crippen LogP contribution in [0.5, 0.6) is 0 Å². The molecule has 4 nitrogen and oxygen atoms in total. The standard InChI is InChI=1S/C23H21ClN2O2S.ClH/c1-23(28,13-27)15-9-10-26-19(12-15)17-7-4-5-14-11-20(29-22(14)17)21(25)16-6-2-3-8-18(16)24;/h2-12,21,27-28H,13,25H2,1H3;1H/t21-,23?;/m1./s1. The van der Waals surface area contributed by atoms with Crippen LogP contribution in [0.2, 0.25) is 5.02 Å². The topological polar surface area (TPSA) is 79.4 Å². The highest BCUT2D eigenvalue weighted by Crippen LogP contribution is 2.39. The van der Waals surface area contributed by atoms with E-state index in [1.165, 1.54) is 0 Å². The van der Waals surface area contributed by atoms with Gasteiger partial charge >= 0.3 is 0 Å². The third kappa shape index (κ3) is 4.23. The lowest BCUT2D eigenvalue weighted by Gasteiger charge is -2.21. The van der Waals surface area contributed by atoms with Gasteiger partial charge in [-0.1, -0.05) is 48.0 Å². The van der Waals surface area contributed by atoms with Gasteiger partial charge in [0.05, 0.1) is 18.3 Å². The molecule has 7 heteroatoms. The Labute approximate surface area is 190 Å². The molecule has 2 heterocycles. The zero-order valence-electron chi connectivity index (χ0n) is 16.2. The SMILES string of the molecule is CC(O)(CO)c1ccnc(-c2cccc3cc([C@H](N)c4ccccc4Cl)sc23)c1.Cl. The van der Waals surface area contributed by atoms with Gasteiger partial charge < -0.3 is 15.9 Å². The van der Waals surface area contributed by atoms with Gasteiger partial charge in [-0.15, -0.1) is 23.7 Å². The molecule has 1 unspecified atom stereocenters. The Hall–Kier alpha value is -1.99. The third-order valence-corrected chi connectivity index (χ3v) is 6.69. The molecular formula is C23H22Cl2N2O2S. The molecule has 0 saturated heterocycles. The molecule has 4 aromatic rings. The van der Waals surface area contributed by atoms with Crippen molar-refractivity contribution in [3.05, 3.63) is 87.9 Å². The van der Waals surface area contributed by atoms with E-state index in [9.17, 15) is 10.2 Å². The van der Waals surface area contributed by atoms with Crippen molar-refractivity contribution < 1.29 is 10.2 Å². The highest BCUT2D eigenvalue weighted by atomic mass is 35.5. The van der Waals surface area contributed by atoms with Crippen molar-refractivity contribution >= 4 is 45.4 Å². The number of thiophene rings is 1. The van der Waals surface area contributed by atoms with Crippen LogP contribution in [0.3, 0.4) is 0 Å². The number of aliphatic hydroxyl groups is 2. The smallest absolute Gasteiger partial charge is 0.110 e. The number of aromatic nitrogens is 1. The quantitative estimate of drug-likeness (QED) is 0.378. The molecule has 4 N–H and O–H groups in total. The molecule has 0 spiro atoms. The predicted molar refractivity (Wildman–Crippen MR) is 126 cm³/mol. The fourth-order valence-electron chi connectivity index (χ4n) is 3.32. The Morgan fingerprint density at radius 2 is 1.90 bits per heavy atom. The number of rotatable bonds is 5. The lowest BCUT2D eigenvalue weighted by atomic mass is 9.96. The number of hydrogen-bond donors (Lipinski definition) is 3. The first-order valence-electron chi connectivity index (χ1n) is 9.23. The van der Waals surface area contributed by atoms with E-state index in [1.807, 2.05) is 48.5 Å². The molecule has 0 aliphatic rings. The molecule has 0 amide bonds. The summed E-state index contributed by atoms with van der Waals surface area (Å²) in [5, 5.41) is 21.6. The Morgan fingerprint density at radius 1 is 1.13 bits per heavy atom. The largest absolute Gasteiger partial charge is 0.393 e. The van der Waals surface area contributed by atoms with Gasteiger partial charge in [0.25, 0.3) is 0 Å². The second-order valence-electron chi connectivity index (χ2n) is 7.23. The molecule has 2 atom stereocenters. The maximum Gasteiger partial charge on any atom is 0.110 e. The van der Waals surface area contributed by atoms with Crippen LogP contribution in [0.4, 0.5) is 0 Å². The van der Waals surface area contributed by atoms with E-state index in [4.69, 9.17) is 17.3 Å². The highest BCUT2D eigenvalue weighted by molar-refractivity contribution is 7.19. The van der Waals surface area contributed by atoms with E-state index in [2.05, 4.69) is 11.1 Å². The summed E-state index contributed by atoms with van der Waals surface area (Å²) in [6, 6.07) is 18.9. The lowest BCUT2D eigenvalue weighted by molar-refractivity contribution is -0.00230.